The number of nitrogens with zero attached hydrogens (tertiary/aromatic N) is 1. The summed E-state index contributed by atoms with van der Waals surface area (Å²) in [6.45, 7) is 1.86. The molecule has 0 heterocycles. The monoisotopic (exact) mass is 243 g/mol. The van der Waals surface area contributed by atoms with E-state index in [1.807, 2.05) is 13.0 Å². The summed E-state index contributed by atoms with van der Waals surface area (Å²) in [4.78, 5) is 0. The van der Waals surface area contributed by atoms with Crippen molar-refractivity contribution < 1.29 is 0 Å². The first-order chi connectivity index (χ1) is 5.65. The summed E-state index contributed by atoms with van der Waals surface area (Å²) in [6.07, 6.45) is 0. The summed E-state index contributed by atoms with van der Waals surface area (Å²) in [7, 11) is 0. The van der Waals surface area contributed by atoms with Crippen LogP contribution in [-0.4, -0.2) is 0 Å². The molecule has 62 valence electrons. The van der Waals surface area contributed by atoms with Gasteiger partial charge in [0.15, 0.2) is 0 Å². The first-order valence-corrected chi connectivity index (χ1v) is 4.67. The number of hydrogen-bond acceptors (Lipinski definition) is 1. The maximum atomic E-state index is 8.68. The summed E-state index contributed by atoms with van der Waals surface area (Å²) in [5, 5.41) is 9.35. The number of nitriles is 1. The lowest BCUT2D eigenvalue weighted by Crippen LogP contribution is -1.90. The van der Waals surface area contributed by atoms with Crippen molar-refractivity contribution in [1.82, 2.24) is 0 Å². The molecule has 1 aromatic carbocycles. The van der Waals surface area contributed by atoms with Crippen LogP contribution >= 0.6 is 27.5 Å². The molecule has 0 N–H and O–H groups in total. The first kappa shape index (κ1) is 9.57. The Kier molecular flexibility index (Phi) is 3.13. The molecular weight excluding hydrogens is 237 g/mol. The summed E-state index contributed by atoms with van der Waals surface area (Å²) in [5.74, 6) is -0.100. The zero-order valence-corrected chi connectivity index (χ0v) is 8.85. The standard InChI is InChI=1S/C9H7BrClN/c1-6(5-12)8-3-2-7(11)4-9(8)10/h2-4,6H,1H3. The van der Waals surface area contributed by atoms with Crippen LogP contribution in [0.4, 0.5) is 0 Å². The van der Waals surface area contributed by atoms with Crippen molar-refractivity contribution in [2.75, 3.05) is 0 Å². The van der Waals surface area contributed by atoms with Crippen LogP contribution in [0.5, 0.6) is 0 Å². The van der Waals surface area contributed by atoms with E-state index >= 15 is 0 Å². The summed E-state index contributed by atoms with van der Waals surface area (Å²) in [5.41, 5.74) is 0.974. The third-order valence-corrected chi connectivity index (χ3v) is 2.54. The van der Waals surface area contributed by atoms with Gasteiger partial charge in [0.1, 0.15) is 0 Å². The number of rotatable bonds is 1. The summed E-state index contributed by atoms with van der Waals surface area (Å²) >= 11 is 9.10. The lowest BCUT2D eigenvalue weighted by Gasteiger charge is -2.05. The lowest BCUT2D eigenvalue weighted by atomic mass is 10.0. The smallest absolute Gasteiger partial charge is 0.0701 e. The van der Waals surface area contributed by atoms with Gasteiger partial charge in [-0.25, -0.2) is 0 Å². The Bertz CT molecular complexity index is 330. The predicted octanol–water partition coefficient (Wildman–Crippen LogP) is 3.73. The SMILES string of the molecule is CC(C#N)c1ccc(Cl)cc1Br. The molecule has 0 aromatic heterocycles. The molecule has 0 aliphatic heterocycles. The predicted molar refractivity (Wildman–Crippen MR) is 53.2 cm³/mol. The van der Waals surface area contributed by atoms with Gasteiger partial charge in [0.25, 0.3) is 0 Å². The van der Waals surface area contributed by atoms with Crippen LogP contribution < -0.4 is 0 Å². The molecule has 1 unspecified atom stereocenters. The average molecular weight is 245 g/mol. The van der Waals surface area contributed by atoms with Gasteiger partial charge in [-0.05, 0) is 24.6 Å². The van der Waals surface area contributed by atoms with E-state index < -0.39 is 0 Å². The molecule has 12 heavy (non-hydrogen) atoms. The molecule has 0 fully saturated rings. The largest absolute Gasteiger partial charge is 0.198 e. The van der Waals surface area contributed by atoms with Crippen LogP contribution in [-0.2, 0) is 0 Å². The van der Waals surface area contributed by atoms with Gasteiger partial charge in [0, 0.05) is 9.50 Å². The molecule has 0 amide bonds. The molecule has 0 saturated heterocycles. The molecule has 3 heteroatoms. The van der Waals surface area contributed by atoms with Crippen LogP contribution in [0.1, 0.15) is 18.4 Å². The molecule has 1 aromatic rings. The Morgan fingerprint density at radius 3 is 2.75 bits per heavy atom. The number of benzene rings is 1. The van der Waals surface area contributed by atoms with Gasteiger partial charge in [-0.1, -0.05) is 33.6 Å². The molecular formula is C9H7BrClN. The number of hydrogen-bond donors (Lipinski definition) is 0. The number of halogens is 2. The van der Waals surface area contributed by atoms with E-state index in [0.717, 1.165) is 10.0 Å². The average Bonchev–Trinajstić information content (AvgIpc) is 2.03. The Labute approximate surface area is 85.1 Å². The van der Waals surface area contributed by atoms with E-state index in [1.54, 1.807) is 12.1 Å². The molecule has 0 aliphatic rings. The van der Waals surface area contributed by atoms with Crippen molar-refractivity contribution in [3.05, 3.63) is 33.3 Å². The van der Waals surface area contributed by atoms with E-state index in [0.29, 0.717) is 5.02 Å². The summed E-state index contributed by atoms with van der Waals surface area (Å²) < 4.78 is 0.893. The van der Waals surface area contributed by atoms with Gasteiger partial charge in [-0.3, -0.25) is 0 Å². The molecule has 1 rings (SSSR count). The maximum Gasteiger partial charge on any atom is 0.0701 e. The second-order valence-corrected chi connectivity index (χ2v) is 3.81. The van der Waals surface area contributed by atoms with Crippen molar-refractivity contribution >= 4 is 27.5 Å². The van der Waals surface area contributed by atoms with Crippen molar-refractivity contribution in [3.8, 4) is 6.07 Å². The molecule has 0 radical (unpaired) electrons. The highest BCUT2D eigenvalue weighted by atomic mass is 79.9. The zero-order valence-electron chi connectivity index (χ0n) is 6.51. The Morgan fingerprint density at radius 2 is 2.25 bits per heavy atom. The molecule has 0 aliphatic carbocycles. The first-order valence-electron chi connectivity index (χ1n) is 3.49. The minimum Gasteiger partial charge on any atom is -0.198 e. The Balaban J connectivity index is 3.11. The maximum absolute atomic E-state index is 8.68. The van der Waals surface area contributed by atoms with Crippen LogP contribution in [0, 0.1) is 11.3 Å². The van der Waals surface area contributed by atoms with Crippen LogP contribution in [0.15, 0.2) is 22.7 Å². The van der Waals surface area contributed by atoms with E-state index in [-0.39, 0.29) is 5.92 Å². The molecule has 1 atom stereocenters. The highest BCUT2D eigenvalue weighted by Crippen LogP contribution is 2.27. The van der Waals surface area contributed by atoms with Crippen molar-refractivity contribution in [3.63, 3.8) is 0 Å². The lowest BCUT2D eigenvalue weighted by molar-refractivity contribution is 0.974. The van der Waals surface area contributed by atoms with Crippen LogP contribution in [0.3, 0.4) is 0 Å². The van der Waals surface area contributed by atoms with Gasteiger partial charge in [-0.2, -0.15) is 5.26 Å². The van der Waals surface area contributed by atoms with Crippen molar-refractivity contribution in [2.24, 2.45) is 0 Å². The second kappa shape index (κ2) is 3.93. The van der Waals surface area contributed by atoms with Crippen LogP contribution in [0.2, 0.25) is 5.02 Å². The quantitative estimate of drug-likeness (QED) is 0.738. The summed E-state index contributed by atoms with van der Waals surface area (Å²) in [6, 6.07) is 7.61. The topological polar surface area (TPSA) is 23.8 Å². The van der Waals surface area contributed by atoms with Crippen LogP contribution in [0.25, 0.3) is 0 Å². The van der Waals surface area contributed by atoms with E-state index in [4.69, 9.17) is 16.9 Å². The second-order valence-electron chi connectivity index (χ2n) is 2.52. The van der Waals surface area contributed by atoms with Gasteiger partial charge in [0.05, 0.1) is 12.0 Å². The van der Waals surface area contributed by atoms with Gasteiger partial charge < -0.3 is 0 Å². The highest BCUT2D eigenvalue weighted by Gasteiger charge is 2.07. The highest BCUT2D eigenvalue weighted by molar-refractivity contribution is 9.10. The minimum absolute atomic E-state index is 0.100. The van der Waals surface area contributed by atoms with E-state index in [2.05, 4.69) is 22.0 Å². The normalized spacial score (nSPS) is 12.2. The van der Waals surface area contributed by atoms with Gasteiger partial charge in [0.2, 0.25) is 0 Å². The fourth-order valence-electron chi connectivity index (χ4n) is 0.922. The van der Waals surface area contributed by atoms with E-state index in [9.17, 15) is 0 Å². The fourth-order valence-corrected chi connectivity index (χ4v) is 1.95. The third-order valence-electron chi connectivity index (χ3n) is 1.62. The Hall–Kier alpha value is -0.520. The van der Waals surface area contributed by atoms with Gasteiger partial charge >= 0.3 is 0 Å². The van der Waals surface area contributed by atoms with E-state index in [1.165, 1.54) is 0 Å². The fraction of sp³-hybridized carbons (Fsp3) is 0.222. The van der Waals surface area contributed by atoms with Crippen molar-refractivity contribution in [1.29, 1.82) is 5.26 Å². The van der Waals surface area contributed by atoms with Gasteiger partial charge in [-0.15, -0.1) is 0 Å². The molecule has 1 nitrogen and oxygen atoms in total. The minimum atomic E-state index is -0.100. The Morgan fingerprint density at radius 1 is 1.58 bits per heavy atom. The molecule has 0 bridgehead atoms. The third kappa shape index (κ3) is 2.00. The zero-order chi connectivity index (χ0) is 9.14. The van der Waals surface area contributed by atoms with Crippen molar-refractivity contribution in [2.45, 2.75) is 12.8 Å². The molecule has 0 saturated carbocycles. The molecule has 0 spiro atoms.